The lowest BCUT2D eigenvalue weighted by atomic mass is 10.0. The van der Waals surface area contributed by atoms with Crippen molar-refractivity contribution in [3.8, 4) is 0 Å². The first kappa shape index (κ1) is 11.0. The lowest BCUT2D eigenvalue weighted by Gasteiger charge is -2.14. The van der Waals surface area contributed by atoms with Gasteiger partial charge in [-0.25, -0.2) is 0 Å². The van der Waals surface area contributed by atoms with E-state index in [4.69, 9.17) is 4.74 Å². The lowest BCUT2D eigenvalue weighted by molar-refractivity contribution is 0.0950. The van der Waals surface area contributed by atoms with Gasteiger partial charge in [-0.05, 0) is 37.6 Å². The van der Waals surface area contributed by atoms with E-state index in [2.05, 4.69) is 19.2 Å². The molecule has 0 aliphatic heterocycles. The van der Waals surface area contributed by atoms with Gasteiger partial charge >= 0.3 is 0 Å². The molecule has 0 spiro atoms. The second kappa shape index (κ2) is 4.97. The summed E-state index contributed by atoms with van der Waals surface area (Å²) in [6, 6.07) is 0. The molecule has 0 radical (unpaired) electrons. The van der Waals surface area contributed by atoms with E-state index in [1.54, 1.807) is 0 Å². The predicted octanol–water partition coefficient (Wildman–Crippen LogP) is 2.05. The Labute approximate surface area is 82.0 Å². The third kappa shape index (κ3) is 4.10. The van der Waals surface area contributed by atoms with E-state index in [9.17, 15) is 0 Å². The van der Waals surface area contributed by atoms with Gasteiger partial charge in [-0.1, -0.05) is 13.8 Å². The van der Waals surface area contributed by atoms with Crippen LogP contribution < -0.4 is 5.32 Å². The Balaban J connectivity index is 1.99. The molecule has 1 fully saturated rings. The summed E-state index contributed by atoms with van der Waals surface area (Å²) in [5.41, 5.74) is 0.603. The van der Waals surface area contributed by atoms with Gasteiger partial charge in [0.25, 0.3) is 0 Å². The molecule has 1 rings (SSSR count). The summed E-state index contributed by atoms with van der Waals surface area (Å²) in [6.45, 7) is 7.41. The quantitative estimate of drug-likeness (QED) is 0.613. The van der Waals surface area contributed by atoms with Gasteiger partial charge in [0.15, 0.2) is 0 Å². The summed E-state index contributed by atoms with van der Waals surface area (Å²) in [6.07, 6.45) is 4.01. The van der Waals surface area contributed by atoms with Crippen molar-refractivity contribution in [3.05, 3.63) is 0 Å². The van der Waals surface area contributed by atoms with Gasteiger partial charge in [0, 0.05) is 19.8 Å². The summed E-state index contributed by atoms with van der Waals surface area (Å²) in [7, 11) is 2.04. The Kier molecular flexibility index (Phi) is 4.20. The molecule has 2 nitrogen and oxygen atoms in total. The fraction of sp³-hybridized carbons (Fsp3) is 1.00. The van der Waals surface area contributed by atoms with Crippen LogP contribution in [0.25, 0.3) is 0 Å². The number of nitrogens with one attached hydrogen (secondary N) is 1. The van der Waals surface area contributed by atoms with Crippen molar-refractivity contribution in [2.24, 2.45) is 11.3 Å². The molecule has 0 aromatic heterocycles. The summed E-state index contributed by atoms with van der Waals surface area (Å²) in [4.78, 5) is 0. The molecule has 0 saturated heterocycles. The van der Waals surface area contributed by atoms with E-state index in [1.807, 2.05) is 7.05 Å². The second-order valence-electron chi connectivity index (χ2n) is 4.75. The van der Waals surface area contributed by atoms with Crippen molar-refractivity contribution in [2.75, 3.05) is 26.8 Å². The first-order chi connectivity index (χ1) is 6.18. The highest BCUT2D eigenvalue weighted by atomic mass is 16.5. The molecule has 2 heteroatoms. The molecular formula is C11H23NO. The molecule has 1 aliphatic rings. The molecule has 1 aliphatic carbocycles. The van der Waals surface area contributed by atoms with Gasteiger partial charge in [0.1, 0.15) is 0 Å². The summed E-state index contributed by atoms with van der Waals surface area (Å²) in [5.74, 6) is 0.666. The van der Waals surface area contributed by atoms with Crippen LogP contribution in [0.1, 0.15) is 33.1 Å². The van der Waals surface area contributed by atoms with Crippen molar-refractivity contribution in [2.45, 2.75) is 33.1 Å². The minimum Gasteiger partial charge on any atom is -0.381 e. The maximum atomic E-state index is 5.59. The van der Waals surface area contributed by atoms with Crippen LogP contribution in [0, 0.1) is 11.3 Å². The van der Waals surface area contributed by atoms with Crippen molar-refractivity contribution in [3.63, 3.8) is 0 Å². The normalized spacial score (nSPS) is 19.4. The van der Waals surface area contributed by atoms with Crippen LogP contribution in [0.4, 0.5) is 0 Å². The summed E-state index contributed by atoms with van der Waals surface area (Å²) < 4.78 is 5.59. The molecule has 13 heavy (non-hydrogen) atoms. The Morgan fingerprint density at radius 2 is 2.08 bits per heavy atom. The van der Waals surface area contributed by atoms with E-state index >= 15 is 0 Å². The monoisotopic (exact) mass is 185 g/mol. The van der Waals surface area contributed by atoms with Crippen LogP contribution in [0.5, 0.6) is 0 Å². The van der Waals surface area contributed by atoms with E-state index in [0.717, 1.165) is 19.8 Å². The van der Waals surface area contributed by atoms with E-state index in [-0.39, 0.29) is 0 Å². The number of ether oxygens (including phenoxy) is 1. The van der Waals surface area contributed by atoms with Crippen LogP contribution in [-0.4, -0.2) is 26.8 Å². The molecule has 0 aromatic carbocycles. The summed E-state index contributed by atoms with van der Waals surface area (Å²) >= 11 is 0. The van der Waals surface area contributed by atoms with Gasteiger partial charge in [-0.15, -0.1) is 0 Å². The third-order valence-corrected chi connectivity index (χ3v) is 2.74. The molecule has 0 heterocycles. The Hall–Kier alpha value is -0.0800. The smallest absolute Gasteiger partial charge is 0.0488 e. The van der Waals surface area contributed by atoms with Crippen LogP contribution in [0.2, 0.25) is 0 Å². The first-order valence-corrected chi connectivity index (χ1v) is 5.41. The molecule has 1 N–H and O–H groups in total. The van der Waals surface area contributed by atoms with Gasteiger partial charge in [0.2, 0.25) is 0 Å². The lowest BCUT2D eigenvalue weighted by Crippen LogP contribution is -2.21. The Morgan fingerprint density at radius 3 is 2.54 bits per heavy atom. The zero-order valence-electron chi connectivity index (χ0n) is 9.23. The fourth-order valence-corrected chi connectivity index (χ4v) is 1.67. The topological polar surface area (TPSA) is 21.3 Å². The number of hydrogen-bond donors (Lipinski definition) is 1. The Bertz CT molecular complexity index is 141. The average molecular weight is 185 g/mol. The van der Waals surface area contributed by atoms with Crippen molar-refractivity contribution in [1.29, 1.82) is 0 Å². The highest BCUT2D eigenvalue weighted by Gasteiger charge is 2.41. The minimum absolute atomic E-state index is 0.603. The summed E-state index contributed by atoms with van der Waals surface area (Å²) in [5, 5.41) is 3.26. The fourth-order valence-electron chi connectivity index (χ4n) is 1.67. The van der Waals surface area contributed by atoms with E-state index in [0.29, 0.717) is 11.3 Å². The molecule has 1 saturated carbocycles. The first-order valence-electron chi connectivity index (χ1n) is 5.41. The van der Waals surface area contributed by atoms with E-state index < -0.39 is 0 Å². The van der Waals surface area contributed by atoms with Gasteiger partial charge < -0.3 is 10.1 Å². The zero-order valence-corrected chi connectivity index (χ0v) is 9.23. The number of hydrogen-bond acceptors (Lipinski definition) is 2. The van der Waals surface area contributed by atoms with Crippen LogP contribution in [-0.2, 0) is 4.74 Å². The molecule has 0 amide bonds. The van der Waals surface area contributed by atoms with Crippen molar-refractivity contribution >= 4 is 0 Å². The van der Waals surface area contributed by atoms with Gasteiger partial charge in [-0.3, -0.25) is 0 Å². The van der Waals surface area contributed by atoms with Crippen LogP contribution >= 0.6 is 0 Å². The molecule has 0 bridgehead atoms. The maximum absolute atomic E-state index is 5.59. The standard InChI is InChI=1S/C11H23NO/c1-10(2)8-13-7-6-11(4-5-11)9-12-3/h10,12H,4-9H2,1-3H3. The SMILES string of the molecule is CNCC1(CCOCC(C)C)CC1. The number of rotatable bonds is 7. The largest absolute Gasteiger partial charge is 0.381 e. The zero-order chi connectivity index (χ0) is 9.73. The van der Waals surface area contributed by atoms with Crippen molar-refractivity contribution < 1.29 is 4.74 Å². The van der Waals surface area contributed by atoms with Gasteiger partial charge in [-0.2, -0.15) is 0 Å². The second-order valence-corrected chi connectivity index (χ2v) is 4.75. The average Bonchev–Trinajstić information content (AvgIpc) is 2.80. The van der Waals surface area contributed by atoms with Gasteiger partial charge in [0.05, 0.1) is 0 Å². The molecule has 0 aromatic rings. The predicted molar refractivity (Wildman–Crippen MR) is 55.9 cm³/mol. The minimum atomic E-state index is 0.603. The highest BCUT2D eigenvalue weighted by molar-refractivity contribution is 4.94. The third-order valence-electron chi connectivity index (χ3n) is 2.74. The van der Waals surface area contributed by atoms with Crippen molar-refractivity contribution in [1.82, 2.24) is 5.32 Å². The molecule has 0 unspecified atom stereocenters. The molecule has 78 valence electrons. The van der Waals surface area contributed by atoms with E-state index in [1.165, 1.54) is 19.3 Å². The maximum Gasteiger partial charge on any atom is 0.0488 e. The highest BCUT2D eigenvalue weighted by Crippen LogP contribution is 2.47. The molecular weight excluding hydrogens is 162 g/mol. The Morgan fingerprint density at radius 1 is 1.38 bits per heavy atom. The molecule has 0 atom stereocenters. The van der Waals surface area contributed by atoms with Crippen LogP contribution in [0.3, 0.4) is 0 Å². The van der Waals surface area contributed by atoms with Crippen LogP contribution in [0.15, 0.2) is 0 Å².